The maximum atomic E-state index is 14.2. The van der Waals surface area contributed by atoms with Gasteiger partial charge in [0.1, 0.15) is 0 Å². The topological polar surface area (TPSA) is 22.0 Å². The molecule has 0 saturated carbocycles. The van der Waals surface area contributed by atoms with Crippen LogP contribution in [-0.4, -0.2) is 4.57 Å². The molecule has 0 bridgehead atoms. The van der Waals surface area contributed by atoms with E-state index in [9.17, 15) is 4.79 Å². The van der Waals surface area contributed by atoms with Gasteiger partial charge in [-0.25, -0.2) is 0 Å². The highest BCUT2D eigenvalue weighted by molar-refractivity contribution is 6.22. The molecule has 0 amide bonds. The molecule has 0 unspecified atom stereocenters. The predicted molar refractivity (Wildman–Crippen MR) is 224 cm³/mol. The monoisotopic (exact) mass is 675 g/mol. The Morgan fingerprint density at radius 2 is 0.698 bits per heavy atom. The van der Waals surface area contributed by atoms with E-state index < -0.39 is 0 Å². The second-order valence-electron chi connectivity index (χ2n) is 13.6. The predicted octanol–water partition coefficient (Wildman–Crippen LogP) is 13.1. The third-order valence-corrected chi connectivity index (χ3v) is 10.6. The van der Waals surface area contributed by atoms with Crippen molar-refractivity contribution >= 4 is 43.2 Å². The van der Waals surface area contributed by atoms with Gasteiger partial charge in [-0.1, -0.05) is 164 Å². The van der Waals surface area contributed by atoms with Crippen LogP contribution in [0.15, 0.2) is 205 Å². The molecule has 10 rings (SSSR count). The van der Waals surface area contributed by atoms with E-state index >= 15 is 0 Å². The van der Waals surface area contributed by atoms with Gasteiger partial charge in [-0.2, -0.15) is 0 Å². The molecule has 1 heterocycles. The molecule has 53 heavy (non-hydrogen) atoms. The first-order valence-electron chi connectivity index (χ1n) is 18.1. The van der Waals surface area contributed by atoms with Gasteiger partial charge >= 0.3 is 0 Å². The van der Waals surface area contributed by atoms with Crippen molar-refractivity contribution in [1.29, 1.82) is 0 Å². The number of aromatic nitrogens is 1. The van der Waals surface area contributed by atoms with Crippen LogP contribution in [0.2, 0.25) is 0 Å². The molecule has 0 saturated heterocycles. The average molecular weight is 676 g/mol. The fourth-order valence-corrected chi connectivity index (χ4v) is 8.14. The summed E-state index contributed by atoms with van der Waals surface area (Å²) in [6.45, 7) is 0. The zero-order valence-corrected chi connectivity index (χ0v) is 28.9. The Morgan fingerprint density at radius 3 is 1.30 bits per heavy atom. The third kappa shape index (κ3) is 5.15. The van der Waals surface area contributed by atoms with Gasteiger partial charge in [-0.3, -0.25) is 9.36 Å². The van der Waals surface area contributed by atoms with Gasteiger partial charge in [-0.05, 0) is 108 Å². The first-order chi connectivity index (χ1) is 26.2. The first kappa shape index (κ1) is 30.8. The van der Waals surface area contributed by atoms with Crippen LogP contribution in [0.5, 0.6) is 0 Å². The standard InChI is InChI=1S/C51H33NO/c53-51-45-23-13-10-20-41(45)46-32-39(27-31-48(46)52(51)40-28-24-35(25-29-40)34-14-4-1-5-15-34)38-26-30-44-47(33-38)50(37-18-8-3-9-19-37)43-22-12-11-21-42(43)49(44)36-16-6-2-7-17-36/h1-33H. The van der Waals surface area contributed by atoms with Crippen molar-refractivity contribution in [2.45, 2.75) is 0 Å². The van der Waals surface area contributed by atoms with E-state index in [-0.39, 0.29) is 5.56 Å². The second-order valence-corrected chi connectivity index (χ2v) is 13.6. The first-order valence-corrected chi connectivity index (χ1v) is 18.1. The van der Waals surface area contributed by atoms with E-state index in [1.807, 2.05) is 41.0 Å². The summed E-state index contributed by atoms with van der Waals surface area (Å²) in [5, 5.41) is 7.59. The lowest BCUT2D eigenvalue weighted by Crippen LogP contribution is -2.19. The van der Waals surface area contributed by atoms with Crippen LogP contribution in [0.1, 0.15) is 0 Å². The van der Waals surface area contributed by atoms with Crippen molar-refractivity contribution in [2.75, 3.05) is 0 Å². The zero-order valence-electron chi connectivity index (χ0n) is 28.9. The molecule has 0 radical (unpaired) electrons. The number of hydrogen-bond acceptors (Lipinski definition) is 1. The smallest absolute Gasteiger partial charge is 0.263 e. The SMILES string of the molecule is O=c1c2ccccc2c2cc(-c3ccc4c(-c5ccccc5)c5ccccc5c(-c5ccccc5)c4c3)ccc2n1-c1ccc(-c2ccccc2)cc1. The number of nitrogens with zero attached hydrogens (tertiary/aromatic N) is 1. The molecule has 0 N–H and O–H groups in total. The minimum atomic E-state index is -0.0214. The molecule has 248 valence electrons. The van der Waals surface area contributed by atoms with E-state index in [0.717, 1.165) is 44.2 Å². The maximum absolute atomic E-state index is 14.2. The van der Waals surface area contributed by atoms with Crippen LogP contribution >= 0.6 is 0 Å². The molecule has 0 aliphatic heterocycles. The lowest BCUT2D eigenvalue weighted by Gasteiger charge is -2.19. The maximum Gasteiger partial charge on any atom is 0.263 e. The molecule has 10 aromatic rings. The average Bonchev–Trinajstić information content (AvgIpc) is 3.24. The number of fused-ring (bicyclic) bond motifs is 5. The van der Waals surface area contributed by atoms with Gasteiger partial charge in [0.2, 0.25) is 0 Å². The van der Waals surface area contributed by atoms with Crippen LogP contribution in [0.3, 0.4) is 0 Å². The molecule has 0 fully saturated rings. The van der Waals surface area contributed by atoms with Crippen LogP contribution < -0.4 is 5.56 Å². The molecular weight excluding hydrogens is 643 g/mol. The molecule has 9 aromatic carbocycles. The Balaban J connectivity index is 1.21. The molecule has 1 aromatic heterocycles. The van der Waals surface area contributed by atoms with Crippen LogP contribution in [0, 0.1) is 0 Å². The van der Waals surface area contributed by atoms with Crippen LogP contribution in [0.25, 0.3) is 93.4 Å². The van der Waals surface area contributed by atoms with Crippen molar-refractivity contribution < 1.29 is 0 Å². The van der Waals surface area contributed by atoms with Crippen molar-refractivity contribution in [2.24, 2.45) is 0 Å². The lowest BCUT2D eigenvalue weighted by molar-refractivity contribution is 1.06. The Morgan fingerprint density at radius 1 is 0.283 bits per heavy atom. The number of rotatable bonds is 5. The zero-order chi connectivity index (χ0) is 35.3. The Bertz CT molecular complexity index is 3040. The van der Waals surface area contributed by atoms with Crippen LogP contribution in [-0.2, 0) is 0 Å². The highest BCUT2D eigenvalue weighted by Gasteiger charge is 2.18. The minimum Gasteiger partial charge on any atom is -0.276 e. The quantitative estimate of drug-likeness (QED) is 0.131. The van der Waals surface area contributed by atoms with E-state index in [0.29, 0.717) is 5.39 Å². The minimum absolute atomic E-state index is 0.0214. The summed E-state index contributed by atoms with van der Waals surface area (Å²) >= 11 is 0. The van der Waals surface area contributed by atoms with E-state index in [1.165, 1.54) is 43.8 Å². The van der Waals surface area contributed by atoms with E-state index in [1.54, 1.807) is 0 Å². The number of pyridine rings is 1. The summed E-state index contributed by atoms with van der Waals surface area (Å²) in [7, 11) is 0. The van der Waals surface area contributed by atoms with E-state index in [2.05, 4.69) is 164 Å². The van der Waals surface area contributed by atoms with Crippen LogP contribution in [0.4, 0.5) is 0 Å². The third-order valence-electron chi connectivity index (χ3n) is 10.6. The molecule has 0 aliphatic rings. The van der Waals surface area contributed by atoms with Crippen molar-refractivity contribution in [1.82, 2.24) is 4.57 Å². The number of hydrogen-bond donors (Lipinski definition) is 0. The normalized spacial score (nSPS) is 11.5. The van der Waals surface area contributed by atoms with Gasteiger partial charge in [0, 0.05) is 16.5 Å². The van der Waals surface area contributed by atoms with Crippen molar-refractivity contribution in [3.05, 3.63) is 211 Å². The fraction of sp³-hybridized carbons (Fsp3) is 0. The summed E-state index contributed by atoms with van der Waals surface area (Å²) in [6.07, 6.45) is 0. The van der Waals surface area contributed by atoms with E-state index in [4.69, 9.17) is 0 Å². The number of benzene rings is 9. The Hall–Kier alpha value is -7.03. The summed E-state index contributed by atoms with van der Waals surface area (Å²) in [5.41, 5.74) is 11.1. The van der Waals surface area contributed by atoms with Gasteiger partial charge in [0.25, 0.3) is 5.56 Å². The van der Waals surface area contributed by atoms with Gasteiger partial charge in [-0.15, -0.1) is 0 Å². The highest BCUT2D eigenvalue weighted by atomic mass is 16.1. The summed E-state index contributed by atoms with van der Waals surface area (Å²) in [5.74, 6) is 0. The molecule has 0 spiro atoms. The lowest BCUT2D eigenvalue weighted by atomic mass is 9.85. The fourth-order valence-electron chi connectivity index (χ4n) is 8.14. The summed E-state index contributed by atoms with van der Waals surface area (Å²) < 4.78 is 1.86. The second kappa shape index (κ2) is 12.6. The Kier molecular flexibility index (Phi) is 7.33. The largest absolute Gasteiger partial charge is 0.276 e. The summed E-state index contributed by atoms with van der Waals surface area (Å²) in [4.78, 5) is 14.2. The highest BCUT2D eigenvalue weighted by Crippen LogP contribution is 2.45. The Labute approximate surface area is 307 Å². The van der Waals surface area contributed by atoms with Gasteiger partial charge in [0.15, 0.2) is 0 Å². The van der Waals surface area contributed by atoms with Crippen molar-refractivity contribution in [3.63, 3.8) is 0 Å². The van der Waals surface area contributed by atoms with Gasteiger partial charge < -0.3 is 0 Å². The van der Waals surface area contributed by atoms with Gasteiger partial charge in [0.05, 0.1) is 5.52 Å². The van der Waals surface area contributed by atoms with Crippen molar-refractivity contribution in [3.8, 4) is 50.2 Å². The molecule has 0 aliphatic carbocycles. The molecule has 0 atom stereocenters. The summed E-state index contributed by atoms with van der Waals surface area (Å²) in [6, 6.07) is 70.3. The molecule has 2 nitrogen and oxygen atoms in total. The molecular formula is C51H33NO. The molecule has 2 heteroatoms.